The second-order valence-electron chi connectivity index (χ2n) is 5.27. The van der Waals surface area contributed by atoms with Gasteiger partial charge < -0.3 is 15.7 Å². The summed E-state index contributed by atoms with van der Waals surface area (Å²) < 4.78 is 13.0. The molecule has 0 spiro atoms. The number of carbonyl (C=O) groups is 1. The Labute approximate surface area is 131 Å². The van der Waals surface area contributed by atoms with E-state index in [1.54, 1.807) is 12.1 Å². The lowest BCUT2D eigenvalue weighted by Crippen LogP contribution is -2.35. The quantitative estimate of drug-likeness (QED) is 0.807. The third-order valence-corrected chi connectivity index (χ3v) is 4.45. The lowest BCUT2D eigenvalue weighted by molar-refractivity contribution is -0.117. The monoisotopic (exact) mass is 321 g/mol. The maximum absolute atomic E-state index is 13.0. The molecule has 116 valence electrons. The molecule has 0 radical (unpaired) electrons. The predicted octanol–water partition coefficient (Wildman–Crippen LogP) is 1.92. The smallest absolute Gasteiger partial charge is 0.243 e. The normalized spacial score (nSPS) is 21.0. The summed E-state index contributed by atoms with van der Waals surface area (Å²) in [4.78, 5) is 17.5. The van der Waals surface area contributed by atoms with Crippen molar-refractivity contribution in [1.29, 1.82) is 0 Å². The summed E-state index contributed by atoms with van der Waals surface area (Å²) in [6, 6.07) is 5.70. The van der Waals surface area contributed by atoms with Crippen molar-refractivity contribution in [3.8, 4) is 11.3 Å². The summed E-state index contributed by atoms with van der Waals surface area (Å²) >= 11 is 1.37. The zero-order chi connectivity index (χ0) is 15.7. The molecule has 1 fully saturated rings. The van der Waals surface area contributed by atoms with Crippen LogP contribution < -0.4 is 10.6 Å². The number of aliphatic hydroxyl groups excluding tert-OH is 1. The van der Waals surface area contributed by atoms with Gasteiger partial charge in [-0.1, -0.05) is 0 Å². The molecule has 2 heterocycles. The van der Waals surface area contributed by atoms with Crippen LogP contribution in [0.2, 0.25) is 0 Å². The highest BCUT2D eigenvalue weighted by Crippen LogP contribution is 2.30. The van der Waals surface area contributed by atoms with Crippen LogP contribution in [0.3, 0.4) is 0 Å². The van der Waals surface area contributed by atoms with Gasteiger partial charge in [0.25, 0.3) is 0 Å². The number of aryl methyl sites for hydroxylation is 1. The molecule has 22 heavy (non-hydrogen) atoms. The maximum atomic E-state index is 13.0. The Kier molecular flexibility index (Phi) is 4.19. The molecule has 0 aliphatic carbocycles. The van der Waals surface area contributed by atoms with Gasteiger partial charge in [0.1, 0.15) is 5.82 Å². The minimum atomic E-state index is -0.483. The highest BCUT2D eigenvalue weighted by Gasteiger charge is 2.28. The topological polar surface area (TPSA) is 74.2 Å². The molecule has 1 aliphatic heterocycles. The summed E-state index contributed by atoms with van der Waals surface area (Å²) in [5, 5.41) is 15.7. The molecule has 7 heteroatoms. The van der Waals surface area contributed by atoms with E-state index in [-0.39, 0.29) is 11.7 Å². The molecule has 0 saturated carbocycles. The summed E-state index contributed by atoms with van der Waals surface area (Å²) in [5.41, 5.74) is 1.55. The highest BCUT2D eigenvalue weighted by molar-refractivity contribution is 7.16. The van der Waals surface area contributed by atoms with Crippen LogP contribution in [0.25, 0.3) is 11.3 Å². The average Bonchev–Trinajstić information content (AvgIpc) is 3.06. The number of hydrogen-bond donors (Lipinski definition) is 3. The van der Waals surface area contributed by atoms with Crippen molar-refractivity contribution in [2.45, 2.75) is 25.5 Å². The first-order valence-corrected chi connectivity index (χ1v) is 7.80. The molecule has 0 unspecified atom stereocenters. The molecule has 3 N–H and O–H groups in total. The Bertz CT molecular complexity index is 687. The summed E-state index contributed by atoms with van der Waals surface area (Å²) in [5.74, 6) is -0.494. The number of nitrogens with one attached hydrogen (secondary N) is 2. The molecular weight excluding hydrogens is 305 g/mol. The van der Waals surface area contributed by atoms with Crippen molar-refractivity contribution >= 4 is 22.4 Å². The predicted molar refractivity (Wildman–Crippen MR) is 83.3 cm³/mol. The van der Waals surface area contributed by atoms with Gasteiger partial charge in [0.05, 0.1) is 17.8 Å². The van der Waals surface area contributed by atoms with E-state index in [1.165, 1.54) is 23.5 Å². The fourth-order valence-corrected chi connectivity index (χ4v) is 3.27. The summed E-state index contributed by atoms with van der Waals surface area (Å²) in [7, 11) is 0. The second-order valence-corrected chi connectivity index (χ2v) is 6.47. The molecule has 1 aromatic carbocycles. The number of β-amino-alcohol motifs (C(OH)–C–C–N with tert-alkyl or cyclic N) is 1. The lowest BCUT2D eigenvalue weighted by atomic mass is 10.1. The number of hydrogen-bond acceptors (Lipinski definition) is 5. The largest absolute Gasteiger partial charge is 0.392 e. The molecule has 2 atom stereocenters. The van der Waals surface area contributed by atoms with Crippen molar-refractivity contribution in [3.63, 3.8) is 0 Å². The van der Waals surface area contributed by atoms with Crippen LogP contribution >= 0.6 is 11.3 Å². The van der Waals surface area contributed by atoms with E-state index >= 15 is 0 Å². The first kappa shape index (κ1) is 15.1. The number of amides is 1. The Morgan fingerprint density at radius 2 is 2.18 bits per heavy atom. The van der Waals surface area contributed by atoms with Crippen LogP contribution in [0.5, 0.6) is 0 Å². The number of nitrogens with zero attached hydrogens (tertiary/aromatic N) is 1. The van der Waals surface area contributed by atoms with Gasteiger partial charge in [-0.3, -0.25) is 4.79 Å². The van der Waals surface area contributed by atoms with Gasteiger partial charge in [0.15, 0.2) is 5.13 Å². The van der Waals surface area contributed by atoms with Crippen molar-refractivity contribution in [2.75, 3.05) is 11.9 Å². The van der Waals surface area contributed by atoms with Gasteiger partial charge in [0, 0.05) is 17.0 Å². The summed E-state index contributed by atoms with van der Waals surface area (Å²) in [6.45, 7) is 2.33. The van der Waals surface area contributed by atoms with Gasteiger partial charge in [0.2, 0.25) is 5.91 Å². The van der Waals surface area contributed by atoms with E-state index in [9.17, 15) is 14.3 Å². The highest BCUT2D eigenvalue weighted by atomic mass is 32.1. The minimum absolute atomic E-state index is 0.198. The van der Waals surface area contributed by atoms with Gasteiger partial charge in [-0.25, -0.2) is 9.37 Å². The molecule has 1 aliphatic rings. The van der Waals surface area contributed by atoms with Gasteiger partial charge in [-0.15, -0.1) is 11.3 Å². The first-order chi connectivity index (χ1) is 10.5. The molecule has 2 aromatic rings. The number of halogens is 1. The van der Waals surface area contributed by atoms with Gasteiger partial charge in [-0.2, -0.15) is 0 Å². The number of aliphatic hydroxyl groups is 1. The molecule has 1 saturated heterocycles. The Morgan fingerprint density at radius 1 is 1.45 bits per heavy atom. The van der Waals surface area contributed by atoms with Crippen molar-refractivity contribution < 1.29 is 14.3 Å². The van der Waals surface area contributed by atoms with Gasteiger partial charge in [-0.05, 0) is 37.6 Å². The standard InChI is InChI=1S/C15H16FN3O2S/c1-8-13(9-2-4-10(16)5-3-9)18-15(22-8)19-14(21)12-6-11(20)7-17-12/h2-5,11-12,17,20H,6-7H2,1H3,(H,18,19,21)/t11-,12-/m1/s1. The Balaban J connectivity index is 1.75. The maximum Gasteiger partial charge on any atom is 0.243 e. The Hall–Kier alpha value is -1.83. The van der Waals surface area contributed by atoms with Crippen LogP contribution in [0, 0.1) is 12.7 Å². The fourth-order valence-electron chi connectivity index (χ4n) is 2.43. The van der Waals surface area contributed by atoms with Crippen molar-refractivity contribution in [3.05, 3.63) is 35.0 Å². The van der Waals surface area contributed by atoms with Crippen molar-refractivity contribution in [1.82, 2.24) is 10.3 Å². The minimum Gasteiger partial charge on any atom is -0.392 e. The van der Waals surface area contributed by atoms with Crippen molar-refractivity contribution in [2.24, 2.45) is 0 Å². The number of thiazole rings is 1. The number of aromatic nitrogens is 1. The van der Waals surface area contributed by atoms with E-state index in [2.05, 4.69) is 15.6 Å². The van der Waals surface area contributed by atoms with E-state index in [0.29, 0.717) is 18.1 Å². The van der Waals surface area contributed by atoms with Crippen LogP contribution in [-0.4, -0.2) is 34.7 Å². The molecule has 3 rings (SSSR count). The average molecular weight is 321 g/mol. The second kappa shape index (κ2) is 6.12. The zero-order valence-corrected chi connectivity index (χ0v) is 12.8. The van der Waals surface area contributed by atoms with E-state index in [1.807, 2.05) is 6.92 Å². The van der Waals surface area contributed by atoms with E-state index < -0.39 is 12.1 Å². The lowest BCUT2D eigenvalue weighted by Gasteiger charge is -2.08. The molecule has 1 aromatic heterocycles. The molecule has 5 nitrogen and oxygen atoms in total. The fraction of sp³-hybridized carbons (Fsp3) is 0.333. The molecule has 1 amide bonds. The first-order valence-electron chi connectivity index (χ1n) is 6.98. The Morgan fingerprint density at radius 3 is 2.82 bits per heavy atom. The van der Waals surface area contributed by atoms with E-state index in [4.69, 9.17) is 0 Å². The number of benzene rings is 1. The number of rotatable bonds is 3. The molecule has 0 bridgehead atoms. The van der Waals surface area contributed by atoms with Crippen LogP contribution in [0.4, 0.5) is 9.52 Å². The third-order valence-electron chi connectivity index (χ3n) is 3.57. The van der Waals surface area contributed by atoms with Crippen LogP contribution in [-0.2, 0) is 4.79 Å². The number of carbonyl (C=O) groups excluding carboxylic acids is 1. The van der Waals surface area contributed by atoms with Crippen LogP contribution in [0.1, 0.15) is 11.3 Å². The SMILES string of the molecule is Cc1sc(NC(=O)[C@H]2C[C@@H](O)CN2)nc1-c1ccc(F)cc1. The van der Waals surface area contributed by atoms with Gasteiger partial charge >= 0.3 is 0 Å². The van der Waals surface area contributed by atoms with E-state index in [0.717, 1.165) is 16.1 Å². The third kappa shape index (κ3) is 3.16. The molecular formula is C15H16FN3O2S. The summed E-state index contributed by atoms with van der Waals surface area (Å²) in [6.07, 6.45) is -0.0790. The zero-order valence-electron chi connectivity index (χ0n) is 12.0. The number of anilines is 1. The van der Waals surface area contributed by atoms with Crippen LogP contribution in [0.15, 0.2) is 24.3 Å².